The fraction of sp³-hybridized carbons (Fsp3) is 0.353. The number of ether oxygens (including phenoxy) is 1. The lowest BCUT2D eigenvalue weighted by atomic mass is 10.1. The summed E-state index contributed by atoms with van der Waals surface area (Å²) < 4.78 is 32.8. The summed E-state index contributed by atoms with van der Waals surface area (Å²) >= 11 is 0. The van der Waals surface area contributed by atoms with Gasteiger partial charge in [0.25, 0.3) is 10.0 Å². The van der Waals surface area contributed by atoms with Gasteiger partial charge in [-0.15, -0.1) is 0 Å². The highest BCUT2D eigenvalue weighted by Gasteiger charge is 2.16. The molecule has 0 spiro atoms. The first-order chi connectivity index (χ1) is 11.5. The minimum Gasteiger partial charge on any atom is -0.378 e. The molecule has 1 aliphatic heterocycles. The molecule has 2 heterocycles. The van der Waals surface area contributed by atoms with Crippen LogP contribution in [0.1, 0.15) is 11.1 Å². The van der Waals surface area contributed by atoms with Gasteiger partial charge >= 0.3 is 0 Å². The Labute approximate surface area is 142 Å². The van der Waals surface area contributed by atoms with Gasteiger partial charge in [0.1, 0.15) is 5.82 Å². The first-order valence-corrected chi connectivity index (χ1v) is 9.33. The third kappa shape index (κ3) is 3.68. The van der Waals surface area contributed by atoms with Crippen molar-refractivity contribution in [1.82, 2.24) is 4.98 Å². The summed E-state index contributed by atoms with van der Waals surface area (Å²) in [4.78, 5) is 6.64. The van der Waals surface area contributed by atoms with Crippen molar-refractivity contribution in [2.24, 2.45) is 0 Å². The van der Waals surface area contributed by atoms with E-state index in [9.17, 15) is 8.42 Å². The topological polar surface area (TPSA) is 71.5 Å². The molecule has 6 nitrogen and oxygen atoms in total. The summed E-state index contributed by atoms with van der Waals surface area (Å²) in [7, 11) is -3.64. The molecule has 3 rings (SSSR count). The van der Waals surface area contributed by atoms with Crippen LogP contribution in [0.4, 0.5) is 11.5 Å². The van der Waals surface area contributed by atoms with Crippen molar-refractivity contribution in [3.05, 3.63) is 47.7 Å². The van der Waals surface area contributed by atoms with E-state index in [1.807, 2.05) is 19.9 Å². The number of hydrogen-bond acceptors (Lipinski definition) is 5. The van der Waals surface area contributed by atoms with Gasteiger partial charge in [-0.3, -0.25) is 4.72 Å². The molecule has 0 radical (unpaired) electrons. The molecule has 128 valence electrons. The highest BCUT2D eigenvalue weighted by atomic mass is 32.2. The largest absolute Gasteiger partial charge is 0.378 e. The third-order valence-electron chi connectivity index (χ3n) is 4.15. The first kappa shape index (κ1) is 16.7. The van der Waals surface area contributed by atoms with Crippen molar-refractivity contribution in [2.75, 3.05) is 35.9 Å². The second-order valence-corrected chi connectivity index (χ2v) is 7.54. The van der Waals surface area contributed by atoms with Crippen LogP contribution in [0.25, 0.3) is 0 Å². The van der Waals surface area contributed by atoms with Crippen LogP contribution in [0.5, 0.6) is 0 Å². The molecule has 1 N–H and O–H groups in total. The van der Waals surface area contributed by atoms with Crippen LogP contribution < -0.4 is 9.62 Å². The van der Waals surface area contributed by atoms with Crippen LogP contribution in [0, 0.1) is 13.8 Å². The van der Waals surface area contributed by atoms with Crippen LogP contribution in [-0.4, -0.2) is 39.7 Å². The molecule has 24 heavy (non-hydrogen) atoms. The number of pyridine rings is 1. The second kappa shape index (κ2) is 6.78. The van der Waals surface area contributed by atoms with E-state index in [1.54, 1.807) is 30.5 Å². The summed E-state index contributed by atoms with van der Waals surface area (Å²) in [5, 5.41) is 0. The normalized spacial score (nSPS) is 15.3. The van der Waals surface area contributed by atoms with Crippen molar-refractivity contribution < 1.29 is 13.2 Å². The number of benzene rings is 1. The molecule has 0 unspecified atom stereocenters. The Bertz CT molecular complexity index is 813. The number of sulfonamides is 1. The number of rotatable bonds is 4. The quantitative estimate of drug-likeness (QED) is 0.919. The molecule has 1 aromatic heterocycles. The van der Waals surface area contributed by atoms with Crippen LogP contribution in [0.15, 0.2) is 41.4 Å². The number of aryl methyl sites for hydroxylation is 2. The van der Waals surface area contributed by atoms with E-state index in [1.165, 1.54) is 0 Å². The zero-order valence-electron chi connectivity index (χ0n) is 13.8. The molecule has 1 fully saturated rings. The van der Waals surface area contributed by atoms with Gasteiger partial charge < -0.3 is 9.64 Å². The van der Waals surface area contributed by atoms with Gasteiger partial charge in [0.05, 0.1) is 30.0 Å². The SMILES string of the molecule is Cc1ccc(S(=O)(=O)Nc2ccc(N3CCOCC3)cn2)cc1C. The maximum absolute atomic E-state index is 12.5. The van der Waals surface area contributed by atoms with Crippen LogP contribution in [0.3, 0.4) is 0 Å². The standard InChI is InChI=1S/C17H21N3O3S/c1-13-3-5-16(11-14(13)2)24(21,22)19-17-6-4-15(12-18-17)20-7-9-23-10-8-20/h3-6,11-12H,7-10H2,1-2H3,(H,18,19). The Hall–Kier alpha value is -2.12. The van der Waals surface area contributed by atoms with E-state index in [4.69, 9.17) is 4.74 Å². The number of aromatic nitrogens is 1. The number of morpholine rings is 1. The summed E-state index contributed by atoms with van der Waals surface area (Å²) in [5.41, 5.74) is 2.96. The predicted molar refractivity (Wildman–Crippen MR) is 94.0 cm³/mol. The minimum absolute atomic E-state index is 0.240. The Balaban J connectivity index is 1.76. The van der Waals surface area contributed by atoms with Crippen molar-refractivity contribution in [3.8, 4) is 0 Å². The van der Waals surface area contributed by atoms with E-state index in [2.05, 4.69) is 14.6 Å². The number of nitrogens with zero attached hydrogens (tertiary/aromatic N) is 2. The maximum Gasteiger partial charge on any atom is 0.263 e. The van der Waals surface area contributed by atoms with E-state index in [0.29, 0.717) is 19.0 Å². The van der Waals surface area contributed by atoms with Crippen LogP contribution in [0.2, 0.25) is 0 Å². The van der Waals surface area contributed by atoms with Gasteiger partial charge in [0, 0.05) is 13.1 Å². The lowest BCUT2D eigenvalue weighted by Crippen LogP contribution is -2.36. The number of anilines is 2. The Morgan fingerprint density at radius 3 is 2.46 bits per heavy atom. The molecule has 0 atom stereocenters. The van der Waals surface area contributed by atoms with Gasteiger partial charge in [-0.25, -0.2) is 13.4 Å². The molecule has 0 aliphatic carbocycles. The zero-order valence-corrected chi connectivity index (χ0v) is 14.6. The molecule has 7 heteroatoms. The van der Waals surface area contributed by atoms with Gasteiger partial charge in [-0.1, -0.05) is 6.07 Å². The average Bonchev–Trinajstić information content (AvgIpc) is 2.58. The Morgan fingerprint density at radius 1 is 1.08 bits per heavy atom. The molecular formula is C17H21N3O3S. The molecule has 1 saturated heterocycles. The molecule has 1 aromatic carbocycles. The number of hydrogen-bond donors (Lipinski definition) is 1. The van der Waals surface area contributed by atoms with E-state index in [-0.39, 0.29) is 4.90 Å². The van der Waals surface area contributed by atoms with E-state index < -0.39 is 10.0 Å². The number of nitrogens with one attached hydrogen (secondary N) is 1. The zero-order chi connectivity index (χ0) is 17.2. The van der Waals surface area contributed by atoms with E-state index in [0.717, 1.165) is 29.9 Å². The van der Waals surface area contributed by atoms with Gasteiger partial charge in [0.15, 0.2) is 0 Å². The Kier molecular flexibility index (Phi) is 4.73. The smallest absolute Gasteiger partial charge is 0.263 e. The predicted octanol–water partition coefficient (Wildman–Crippen LogP) is 2.34. The van der Waals surface area contributed by atoms with Crippen molar-refractivity contribution in [1.29, 1.82) is 0 Å². The molecule has 1 aliphatic rings. The summed E-state index contributed by atoms with van der Waals surface area (Å²) in [6.07, 6.45) is 1.68. The lowest BCUT2D eigenvalue weighted by molar-refractivity contribution is 0.122. The monoisotopic (exact) mass is 347 g/mol. The third-order valence-corrected chi connectivity index (χ3v) is 5.50. The molecule has 0 amide bonds. The van der Waals surface area contributed by atoms with E-state index >= 15 is 0 Å². The van der Waals surface area contributed by atoms with Gasteiger partial charge in [0.2, 0.25) is 0 Å². The Morgan fingerprint density at radius 2 is 1.83 bits per heavy atom. The lowest BCUT2D eigenvalue weighted by Gasteiger charge is -2.28. The molecule has 0 saturated carbocycles. The summed E-state index contributed by atoms with van der Waals surface area (Å²) in [6.45, 7) is 6.86. The first-order valence-electron chi connectivity index (χ1n) is 7.84. The van der Waals surface area contributed by atoms with Crippen molar-refractivity contribution >= 4 is 21.5 Å². The fourth-order valence-corrected chi connectivity index (χ4v) is 3.63. The second-order valence-electron chi connectivity index (χ2n) is 5.85. The fourth-order valence-electron chi connectivity index (χ4n) is 2.53. The van der Waals surface area contributed by atoms with Crippen LogP contribution in [-0.2, 0) is 14.8 Å². The van der Waals surface area contributed by atoms with Crippen molar-refractivity contribution in [3.63, 3.8) is 0 Å². The van der Waals surface area contributed by atoms with Gasteiger partial charge in [-0.05, 0) is 49.2 Å². The highest BCUT2D eigenvalue weighted by molar-refractivity contribution is 7.92. The highest BCUT2D eigenvalue weighted by Crippen LogP contribution is 2.20. The average molecular weight is 347 g/mol. The molecular weight excluding hydrogens is 326 g/mol. The maximum atomic E-state index is 12.5. The van der Waals surface area contributed by atoms with Crippen molar-refractivity contribution in [2.45, 2.75) is 18.7 Å². The van der Waals surface area contributed by atoms with Gasteiger partial charge in [-0.2, -0.15) is 0 Å². The molecule has 0 bridgehead atoms. The van der Waals surface area contributed by atoms with Crippen LogP contribution >= 0.6 is 0 Å². The minimum atomic E-state index is -3.64. The summed E-state index contributed by atoms with van der Waals surface area (Å²) in [5.74, 6) is 0.310. The molecule has 2 aromatic rings. The summed E-state index contributed by atoms with van der Waals surface area (Å²) in [6, 6.07) is 8.63.